The van der Waals surface area contributed by atoms with Gasteiger partial charge >= 0.3 is 0 Å². The Kier molecular flexibility index (Phi) is 8.45. The molecule has 0 spiro atoms. The Morgan fingerprint density at radius 2 is 2.00 bits per heavy atom. The lowest BCUT2D eigenvalue weighted by atomic mass is 10.2. The molecule has 156 valence electrons. The van der Waals surface area contributed by atoms with Crippen LogP contribution in [0.2, 0.25) is 0 Å². The van der Waals surface area contributed by atoms with E-state index in [0.717, 1.165) is 47.4 Å². The van der Waals surface area contributed by atoms with Gasteiger partial charge in [-0.1, -0.05) is 32.0 Å². The van der Waals surface area contributed by atoms with E-state index in [-0.39, 0.29) is 17.2 Å². The van der Waals surface area contributed by atoms with Crippen LogP contribution in [-0.2, 0) is 11.3 Å². The van der Waals surface area contributed by atoms with E-state index in [2.05, 4.69) is 57.9 Å². The summed E-state index contributed by atoms with van der Waals surface area (Å²) < 4.78 is 2.18. The SMILES string of the molecule is CCCCn1c(SC(C)C(=O)Nc2nc(C)c(C)s2)nnc1C(CC)N(C)C. The minimum absolute atomic E-state index is 0.0648. The molecule has 2 aromatic rings. The number of carbonyl (C=O) groups is 1. The number of unbranched alkanes of at least 4 members (excludes halogenated alkanes) is 1. The molecule has 0 radical (unpaired) electrons. The van der Waals surface area contributed by atoms with Crippen molar-refractivity contribution in [1.82, 2.24) is 24.6 Å². The Balaban J connectivity index is 2.16. The Bertz CT molecular complexity index is 766. The highest BCUT2D eigenvalue weighted by atomic mass is 32.2. The molecular formula is C19H32N6OS2. The van der Waals surface area contributed by atoms with Gasteiger partial charge in [-0.05, 0) is 47.7 Å². The number of nitrogens with one attached hydrogen (secondary N) is 1. The summed E-state index contributed by atoms with van der Waals surface area (Å²) in [5.41, 5.74) is 0.957. The molecule has 28 heavy (non-hydrogen) atoms. The summed E-state index contributed by atoms with van der Waals surface area (Å²) >= 11 is 2.96. The normalized spacial score (nSPS) is 13.7. The number of anilines is 1. The highest BCUT2D eigenvalue weighted by molar-refractivity contribution is 8.00. The van der Waals surface area contributed by atoms with Gasteiger partial charge in [0.1, 0.15) is 0 Å². The number of thiazole rings is 1. The maximum atomic E-state index is 12.6. The minimum atomic E-state index is -0.290. The highest BCUT2D eigenvalue weighted by Gasteiger charge is 2.25. The van der Waals surface area contributed by atoms with Gasteiger partial charge in [0.05, 0.1) is 17.0 Å². The molecule has 2 unspecified atom stereocenters. The third-order valence-electron chi connectivity index (χ3n) is 4.70. The monoisotopic (exact) mass is 424 g/mol. The maximum absolute atomic E-state index is 12.6. The minimum Gasteiger partial charge on any atom is -0.305 e. The lowest BCUT2D eigenvalue weighted by molar-refractivity contribution is -0.115. The topological polar surface area (TPSA) is 75.9 Å². The first-order chi connectivity index (χ1) is 13.3. The van der Waals surface area contributed by atoms with Crippen molar-refractivity contribution < 1.29 is 4.79 Å². The van der Waals surface area contributed by atoms with E-state index < -0.39 is 0 Å². The zero-order valence-electron chi connectivity index (χ0n) is 17.9. The van der Waals surface area contributed by atoms with E-state index in [0.29, 0.717) is 5.13 Å². The molecule has 7 nitrogen and oxygen atoms in total. The predicted octanol–water partition coefficient (Wildman–Crippen LogP) is 4.28. The average molecular weight is 425 g/mol. The summed E-state index contributed by atoms with van der Waals surface area (Å²) in [7, 11) is 4.13. The fourth-order valence-corrected chi connectivity index (χ4v) is 4.58. The van der Waals surface area contributed by atoms with Crippen molar-refractivity contribution in [3.8, 4) is 0 Å². The summed E-state index contributed by atoms with van der Waals surface area (Å²) in [5, 5.41) is 13.0. The highest BCUT2D eigenvalue weighted by Crippen LogP contribution is 2.29. The number of amides is 1. The van der Waals surface area contributed by atoms with Crippen molar-refractivity contribution in [3.63, 3.8) is 0 Å². The number of nitrogens with zero attached hydrogens (tertiary/aromatic N) is 5. The first kappa shape index (κ1) is 22.8. The smallest absolute Gasteiger partial charge is 0.239 e. The molecule has 0 aliphatic rings. The largest absolute Gasteiger partial charge is 0.305 e. The van der Waals surface area contributed by atoms with Crippen LogP contribution in [0.3, 0.4) is 0 Å². The van der Waals surface area contributed by atoms with Crippen molar-refractivity contribution in [1.29, 1.82) is 0 Å². The van der Waals surface area contributed by atoms with E-state index in [4.69, 9.17) is 0 Å². The van der Waals surface area contributed by atoms with Crippen molar-refractivity contribution in [2.24, 2.45) is 0 Å². The number of rotatable bonds is 10. The molecule has 0 saturated carbocycles. The average Bonchev–Trinajstić information content (AvgIpc) is 3.16. The molecule has 2 heterocycles. The quantitative estimate of drug-likeness (QED) is 0.574. The Morgan fingerprint density at radius 3 is 2.54 bits per heavy atom. The van der Waals surface area contributed by atoms with Gasteiger partial charge in [-0.3, -0.25) is 9.69 Å². The van der Waals surface area contributed by atoms with E-state index >= 15 is 0 Å². The molecule has 0 saturated heterocycles. The first-order valence-electron chi connectivity index (χ1n) is 9.79. The summed E-state index contributed by atoms with van der Waals surface area (Å²) in [5.74, 6) is 0.909. The first-order valence-corrected chi connectivity index (χ1v) is 11.5. The third kappa shape index (κ3) is 5.55. The number of aromatic nitrogens is 4. The molecule has 0 fully saturated rings. The molecule has 2 atom stereocenters. The molecule has 0 aliphatic carbocycles. The molecule has 2 rings (SSSR count). The molecule has 9 heteroatoms. The number of hydrogen-bond acceptors (Lipinski definition) is 7. The van der Waals surface area contributed by atoms with Gasteiger partial charge in [0.25, 0.3) is 0 Å². The Morgan fingerprint density at radius 1 is 1.29 bits per heavy atom. The summed E-state index contributed by atoms with van der Waals surface area (Å²) in [6.45, 7) is 11.1. The van der Waals surface area contributed by atoms with Gasteiger partial charge < -0.3 is 9.88 Å². The molecule has 1 N–H and O–H groups in total. The molecule has 2 aromatic heterocycles. The summed E-state index contributed by atoms with van der Waals surface area (Å²) in [6.07, 6.45) is 3.11. The van der Waals surface area contributed by atoms with Crippen LogP contribution in [0.5, 0.6) is 0 Å². The summed E-state index contributed by atoms with van der Waals surface area (Å²) in [6, 6.07) is 0.212. The number of thioether (sulfide) groups is 1. The molecule has 0 bridgehead atoms. The van der Waals surface area contributed by atoms with E-state index in [1.807, 2.05) is 20.8 Å². The van der Waals surface area contributed by atoms with Crippen LogP contribution < -0.4 is 5.32 Å². The van der Waals surface area contributed by atoms with Crippen molar-refractivity contribution in [3.05, 3.63) is 16.4 Å². The van der Waals surface area contributed by atoms with E-state index in [1.54, 1.807) is 0 Å². The fraction of sp³-hybridized carbons (Fsp3) is 0.684. The fourth-order valence-electron chi connectivity index (χ4n) is 2.88. The molecule has 1 amide bonds. The second-order valence-electron chi connectivity index (χ2n) is 7.14. The van der Waals surface area contributed by atoms with Gasteiger partial charge in [0.2, 0.25) is 5.91 Å². The predicted molar refractivity (Wildman–Crippen MR) is 117 cm³/mol. The molecule has 0 aromatic carbocycles. The van der Waals surface area contributed by atoms with Crippen LogP contribution in [0.15, 0.2) is 5.16 Å². The second kappa shape index (κ2) is 10.4. The zero-order chi connectivity index (χ0) is 20.8. The van der Waals surface area contributed by atoms with Gasteiger partial charge in [0.15, 0.2) is 16.1 Å². The molecule has 0 aliphatic heterocycles. The maximum Gasteiger partial charge on any atom is 0.239 e. The standard InChI is InChI=1S/C19H32N6OS2/c1-8-10-11-25-16(15(9-2)24(6)7)22-23-19(25)28-14(5)17(26)21-18-20-12(3)13(4)27-18/h14-15H,8-11H2,1-7H3,(H,20,21,26). The Labute approximate surface area is 176 Å². The van der Waals surface area contributed by atoms with Gasteiger partial charge in [0, 0.05) is 11.4 Å². The van der Waals surface area contributed by atoms with Crippen LogP contribution in [0.1, 0.15) is 62.5 Å². The summed E-state index contributed by atoms with van der Waals surface area (Å²) in [4.78, 5) is 20.3. The van der Waals surface area contributed by atoms with Crippen LogP contribution in [0.4, 0.5) is 5.13 Å². The van der Waals surface area contributed by atoms with Gasteiger partial charge in [-0.15, -0.1) is 21.5 Å². The zero-order valence-corrected chi connectivity index (χ0v) is 19.6. The molecular weight excluding hydrogens is 392 g/mol. The van der Waals surface area contributed by atoms with Crippen molar-refractivity contribution >= 4 is 34.1 Å². The van der Waals surface area contributed by atoms with Crippen LogP contribution in [0, 0.1) is 13.8 Å². The van der Waals surface area contributed by atoms with E-state index in [1.165, 1.54) is 23.1 Å². The van der Waals surface area contributed by atoms with Crippen LogP contribution >= 0.6 is 23.1 Å². The van der Waals surface area contributed by atoms with Crippen LogP contribution in [0.25, 0.3) is 0 Å². The number of hydrogen-bond donors (Lipinski definition) is 1. The van der Waals surface area contributed by atoms with Crippen molar-refractivity contribution in [2.75, 3.05) is 19.4 Å². The second-order valence-corrected chi connectivity index (χ2v) is 9.65. The lowest BCUT2D eigenvalue weighted by Gasteiger charge is -2.23. The number of carbonyl (C=O) groups excluding carboxylic acids is 1. The van der Waals surface area contributed by atoms with E-state index in [9.17, 15) is 4.79 Å². The van der Waals surface area contributed by atoms with Crippen molar-refractivity contribution in [2.45, 2.75) is 76.9 Å². The number of aryl methyl sites for hydroxylation is 2. The Hall–Kier alpha value is -1.45. The van der Waals surface area contributed by atoms with Gasteiger partial charge in [-0.2, -0.15) is 0 Å². The lowest BCUT2D eigenvalue weighted by Crippen LogP contribution is -2.24. The van der Waals surface area contributed by atoms with Gasteiger partial charge in [-0.25, -0.2) is 4.98 Å². The van der Waals surface area contributed by atoms with Crippen LogP contribution in [-0.4, -0.2) is 49.9 Å². The third-order valence-corrected chi connectivity index (χ3v) is 6.77.